The summed E-state index contributed by atoms with van der Waals surface area (Å²) < 4.78 is 1.13. The molecular formula is C9H12ClIN2O. The number of rotatable bonds is 2. The van der Waals surface area contributed by atoms with Crippen molar-refractivity contribution in [3.8, 4) is 0 Å². The van der Waals surface area contributed by atoms with Gasteiger partial charge in [-0.1, -0.05) is 12.1 Å². The molecule has 0 fully saturated rings. The Balaban J connectivity index is 0.00000169. The molecule has 0 atom stereocenters. The number of hydrogen-bond acceptors (Lipinski definition) is 2. The lowest BCUT2D eigenvalue weighted by Gasteiger charge is -2.09. The van der Waals surface area contributed by atoms with Crippen LogP contribution in [0.4, 0.5) is 0 Å². The predicted octanol–water partition coefficient (Wildman–Crippen LogP) is 1.59. The summed E-state index contributed by atoms with van der Waals surface area (Å²) in [7, 11) is 1.55. The lowest BCUT2D eigenvalue weighted by molar-refractivity contribution is -0.129. The van der Waals surface area contributed by atoms with E-state index in [0.29, 0.717) is 6.42 Å². The highest BCUT2D eigenvalue weighted by molar-refractivity contribution is 14.1. The number of carbonyl (C=O) groups excluding carboxylic acids is 1. The topological polar surface area (TPSA) is 46.3 Å². The van der Waals surface area contributed by atoms with Crippen molar-refractivity contribution in [1.29, 1.82) is 0 Å². The van der Waals surface area contributed by atoms with Gasteiger partial charge in [-0.3, -0.25) is 9.80 Å². The van der Waals surface area contributed by atoms with Crippen LogP contribution >= 0.6 is 35.0 Å². The number of likely N-dealkylation sites (N-methyl/N-ethyl adjacent to an activating group) is 1. The second kappa shape index (κ2) is 6.21. The second-order valence-corrected chi connectivity index (χ2v) is 4.06. The molecule has 0 saturated heterocycles. The van der Waals surface area contributed by atoms with Gasteiger partial charge in [-0.2, -0.15) is 0 Å². The van der Waals surface area contributed by atoms with Gasteiger partial charge in [0, 0.05) is 10.6 Å². The summed E-state index contributed by atoms with van der Waals surface area (Å²) in [5, 5.41) is 1.11. The summed E-state index contributed by atoms with van der Waals surface area (Å²) in [5.41, 5.74) is 0.995. The third-order valence-electron chi connectivity index (χ3n) is 1.64. The van der Waals surface area contributed by atoms with Gasteiger partial charge in [0.2, 0.25) is 5.91 Å². The summed E-state index contributed by atoms with van der Waals surface area (Å²) in [6.45, 7) is 0. The zero-order valence-corrected chi connectivity index (χ0v) is 10.7. The van der Waals surface area contributed by atoms with Crippen LogP contribution in [-0.2, 0) is 11.2 Å². The first kappa shape index (κ1) is 13.7. The molecule has 14 heavy (non-hydrogen) atoms. The number of amides is 1. The Labute approximate surface area is 103 Å². The van der Waals surface area contributed by atoms with E-state index in [2.05, 4.69) is 22.6 Å². The fraction of sp³-hybridized carbons (Fsp3) is 0.222. The van der Waals surface area contributed by atoms with Gasteiger partial charge in [-0.05, 0) is 40.3 Å². The Morgan fingerprint density at radius 3 is 2.71 bits per heavy atom. The van der Waals surface area contributed by atoms with Gasteiger partial charge in [0.1, 0.15) is 0 Å². The number of nitrogens with two attached hydrogens (primary N) is 1. The van der Waals surface area contributed by atoms with E-state index >= 15 is 0 Å². The largest absolute Gasteiger partial charge is 0.284 e. The van der Waals surface area contributed by atoms with Gasteiger partial charge in [-0.15, -0.1) is 12.4 Å². The van der Waals surface area contributed by atoms with Gasteiger partial charge in [0.05, 0.1) is 6.42 Å². The van der Waals surface area contributed by atoms with Crippen molar-refractivity contribution in [3.63, 3.8) is 0 Å². The second-order valence-electron chi connectivity index (χ2n) is 2.81. The van der Waals surface area contributed by atoms with E-state index < -0.39 is 0 Å². The van der Waals surface area contributed by atoms with Crippen LogP contribution in [0.1, 0.15) is 5.56 Å². The highest BCUT2D eigenvalue weighted by Crippen LogP contribution is 2.08. The van der Waals surface area contributed by atoms with Crippen molar-refractivity contribution in [2.24, 2.45) is 5.84 Å². The molecule has 0 aliphatic carbocycles. The van der Waals surface area contributed by atoms with Crippen molar-refractivity contribution in [2.75, 3.05) is 7.05 Å². The molecule has 0 saturated carbocycles. The molecule has 1 amide bonds. The molecule has 0 radical (unpaired) electrons. The van der Waals surface area contributed by atoms with Crippen LogP contribution in [0.3, 0.4) is 0 Å². The summed E-state index contributed by atoms with van der Waals surface area (Å²) in [6, 6.07) is 7.81. The van der Waals surface area contributed by atoms with Crippen molar-refractivity contribution >= 4 is 40.9 Å². The van der Waals surface area contributed by atoms with Crippen LogP contribution in [0.15, 0.2) is 24.3 Å². The highest BCUT2D eigenvalue weighted by atomic mass is 127. The Morgan fingerprint density at radius 2 is 2.21 bits per heavy atom. The van der Waals surface area contributed by atoms with Crippen LogP contribution < -0.4 is 5.84 Å². The minimum Gasteiger partial charge on any atom is -0.284 e. The van der Waals surface area contributed by atoms with Crippen LogP contribution in [0.2, 0.25) is 0 Å². The Hall–Kier alpha value is -0.330. The highest BCUT2D eigenvalue weighted by Gasteiger charge is 2.05. The fourth-order valence-corrected chi connectivity index (χ4v) is 1.55. The number of nitrogens with zero attached hydrogens (tertiary/aromatic N) is 1. The van der Waals surface area contributed by atoms with Crippen LogP contribution in [0.25, 0.3) is 0 Å². The van der Waals surface area contributed by atoms with E-state index in [-0.39, 0.29) is 18.3 Å². The zero-order valence-electron chi connectivity index (χ0n) is 7.74. The number of hydrogen-bond donors (Lipinski definition) is 1. The average molecular weight is 327 g/mol. The minimum atomic E-state index is -0.0815. The number of hydrazine groups is 1. The van der Waals surface area contributed by atoms with Crippen LogP contribution in [0, 0.1) is 3.57 Å². The van der Waals surface area contributed by atoms with Gasteiger partial charge < -0.3 is 0 Å². The molecule has 0 heterocycles. The Kier molecular flexibility index (Phi) is 6.06. The Morgan fingerprint density at radius 1 is 1.57 bits per heavy atom. The van der Waals surface area contributed by atoms with Gasteiger partial charge in [0.25, 0.3) is 0 Å². The molecule has 0 aliphatic heterocycles. The molecule has 1 rings (SSSR count). The standard InChI is InChI=1S/C9H11IN2O.ClH/c1-12(11)9(13)6-7-3-2-4-8(10)5-7;/h2-5H,6,11H2,1H3;1H. The monoisotopic (exact) mass is 326 g/mol. The molecule has 1 aromatic rings. The summed E-state index contributed by atoms with van der Waals surface area (Å²) >= 11 is 2.21. The number of benzene rings is 1. The molecule has 0 unspecified atom stereocenters. The van der Waals surface area contributed by atoms with Crippen molar-refractivity contribution in [1.82, 2.24) is 5.01 Å². The first-order valence-corrected chi connectivity index (χ1v) is 4.93. The zero-order chi connectivity index (χ0) is 9.84. The molecule has 78 valence electrons. The first-order chi connectivity index (χ1) is 6.09. The number of halogens is 2. The predicted molar refractivity (Wildman–Crippen MR) is 67.1 cm³/mol. The normalized spacial score (nSPS) is 9.07. The molecule has 3 nitrogen and oxygen atoms in total. The van der Waals surface area contributed by atoms with Gasteiger partial charge >= 0.3 is 0 Å². The van der Waals surface area contributed by atoms with E-state index in [9.17, 15) is 4.79 Å². The molecule has 5 heteroatoms. The Bertz CT molecular complexity index is 317. The van der Waals surface area contributed by atoms with Crippen LogP contribution in [0.5, 0.6) is 0 Å². The van der Waals surface area contributed by atoms with Crippen LogP contribution in [-0.4, -0.2) is 18.0 Å². The molecule has 0 aromatic heterocycles. The van der Waals surface area contributed by atoms with Gasteiger partial charge in [-0.25, -0.2) is 5.84 Å². The fourth-order valence-electron chi connectivity index (χ4n) is 0.946. The van der Waals surface area contributed by atoms with Crippen molar-refractivity contribution in [2.45, 2.75) is 6.42 Å². The average Bonchev–Trinajstić information content (AvgIpc) is 2.04. The molecule has 0 bridgehead atoms. The molecule has 0 spiro atoms. The summed E-state index contributed by atoms with van der Waals surface area (Å²) in [6.07, 6.45) is 0.365. The SMILES string of the molecule is CN(N)C(=O)Cc1cccc(I)c1.Cl. The third kappa shape index (κ3) is 4.26. The minimum absolute atomic E-state index is 0. The summed E-state index contributed by atoms with van der Waals surface area (Å²) in [4.78, 5) is 11.2. The summed E-state index contributed by atoms with van der Waals surface area (Å²) in [5.74, 6) is 5.22. The maximum Gasteiger partial charge on any atom is 0.240 e. The first-order valence-electron chi connectivity index (χ1n) is 3.85. The van der Waals surface area contributed by atoms with E-state index in [1.165, 1.54) is 0 Å². The van der Waals surface area contributed by atoms with Crippen molar-refractivity contribution < 1.29 is 4.79 Å². The maximum atomic E-state index is 11.2. The lowest BCUT2D eigenvalue weighted by Crippen LogP contribution is -2.34. The van der Waals surface area contributed by atoms with Gasteiger partial charge in [0.15, 0.2) is 0 Å². The number of carbonyl (C=O) groups is 1. The third-order valence-corrected chi connectivity index (χ3v) is 2.31. The molecular weight excluding hydrogens is 314 g/mol. The van der Waals surface area contributed by atoms with Crippen molar-refractivity contribution in [3.05, 3.63) is 33.4 Å². The lowest BCUT2D eigenvalue weighted by atomic mass is 10.1. The molecule has 2 N–H and O–H groups in total. The smallest absolute Gasteiger partial charge is 0.240 e. The van der Waals surface area contributed by atoms with E-state index in [4.69, 9.17) is 5.84 Å². The van der Waals surface area contributed by atoms with E-state index in [0.717, 1.165) is 14.1 Å². The molecule has 1 aromatic carbocycles. The molecule has 0 aliphatic rings. The van der Waals surface area contributed by atoms with E-state index in [1.807, 2.05) is 24.3 Å². The quantitative estimate of drug-likeness (QED) is 0.388. The maximum absolute atomic E-state index is 11.2. The van der Waals surface area contributed by atoms with E-state index in [1.54, 1.807) is 7.05 Å².